The fourth-order valence-electron chi connectivity index (χ4n) is 6.52. The third kappa shape index (κ3) is 6.97. The molecule has 0 N–H and O–H groups in total. The lowest BCUT2D eigenvalue weighted by Crippen LogP contribution is -2.33. The van der Waals surface area contributed by atoms with Crippen LogP contribution in [0.3, 0.4) is 0 Å². The summed E-state index contributed by atoms with van der Waals surface area (Å²) in [5.74, 6) is 0. The van der Waals surface area contributed by atoms with Crippen molar-refractivity contribution in [1.29, 1.82) is 0 Å². The molecule has 0 saturated heterocycles. The third-order valence-electron chi connectivity index (χ3n) is 8.82. The number of aromatic nitrogens is 1. The Morgan fingerprint density at radius 1 is 0.595 bits per heavy atom. The molecule has 3 nitrogen and oxygen atoms in total. The van der Waals surface area contributed by atoms with Crippen LogP contribution in [-0.4, -0.2) is 4.57 Å². The Bertz CT molecular complexity index is 1720. The first kappa shape index (κ1) is 31.7. The number of benzene rings is 3. The summed E-state index contributed by atoms with van der Waals surface area (Å²) < 4.78 is 5.52. The van der Waals surface area contributed by atoms with E-state index < -0.39 is 0 Å². The van der Waals surface area contributed by atoms with Crippen LogP contribution in [0.15, 0.2) is 54.9 Å². The number of rotatable bonds is 17. The third-order valence-corrected chi connectivity index (χ3v) is 11.5. The molecule has 0 atom stereocenters. The van der Waals surface area contributed by atoms with Crippen LogP contribution in [0.4, 0.5) is 0 Å². The van der Waals surface area contributed by atoms with E-state index in [2.05, 4.69) is 50.9 Å². The van der Waals surface area contributed by atoms with E-state index in [0.29, 0.717) is 17.3 Å². The molecule has 0 aliphatic carbocycles. The molecule has 42 heavy (non-hydrogen) atoms. The molecule has 224 valence electrons. The van der Waals surface area contributed by atoms with E-state index in [1.807, 2.05) is 24.3 Å². The number of nitrogens with zero attached hydrogens (tertiary/aromatic N) is 1. The molecule has 0 fully saturated rings. The first-order chi connectivity index (χ1) is 20.5. The molecule has 0 unspecified atom stereocenters. The fourth-order valence-corrected chi connectivity index (χ4v) is 8.94. The van der Waals surface area contributed by atoms with Crippen LogP contribution in [-0.2, 0) is 6.54 Å². The number of halogens is 2. The summed E-state index contributed by atoms with van der Waals surface area (Å²) in [4.78, 5) is 27.4. The highest BCUT2D eigenvalue weighted by Gasteiger charge is 2.21. The van der Waals surface area contributed by atoms with E-state index in [4.69, 9.17) is 0 Å². The maximum absolute atomic E-state index is 13.7. The molecule has 6 heteroatoms. The van der Waals surface area contributed by atoms with Gasteiger partial charge in [-0.2, -0.15) is 0 Å². The Balaban J connectivity index is 1.16. The lowest BCUT2D eigenvalue weighted by Gasteiger charge is -2.16. The smallest absolute Gasteiger partial charge is 0.261 e. The Morgan fingerprint density at radius 3 is 1.67 bits per heavy atom. The summed E-state index contributed by atoms with van der Waals surface area (Å²) in [6, 6.07) is 12.2. The summed E-state index contributed by atoms with van der Waals surface area (Å²) in [7, 11) is 0. The highest BCUT2D eigenvalue weighted by Crippen LogP contribution is 2.45. The summed E-state index contributed by atoms with van der Waals surface area (Å²) in [5, 5.41) is 5.24. The van der Waals surface area contributed by atoms with E-state index in [-0.39, 0.29) is 11.1 Å². The molecule has 2 aromatic heterocycles. The van der Waals surface area contributed by atoms with Crippen LogP contribution in [0.25, 0.3) is 41.7 Å². The van der Waals surface area contributed by atoms with Gasteiger partial charge < -0.3 is 0 Å². The zero-order valence-corrected chi connectivity index (χ0v) is 28.9. The van der Waals surface area contributed by atoms with Gasteiger partial charge in [0.25, 0.3) is 11.1 Å². The zero-order valence-electron chi connectivity index (χ0n) is 24.9. The van der Waals surface area contributed by atoms with Gasteiger partial charge in [-0.25, -0.2) is 0 Å². The first-order valence-electron chi connectivity index (χ1n) is 16.1. The van der Waals surface area contributed by atoms with Gasteiger partial charge in [0.05, 0.1) is 4.70 Å². The number of hydrogen-bond acceptors (Lipinski definition) is 3. The molecule has 0 aliphatic heterocycles. The van der Waals surface area contributed by atoms with Crippen molar-refractivity contribution in [1.82, 2.24) is 4.57 Å². The van der Waals surface area contributed by atoms with Crippen molar-refractivity contribution < 1.29 is 0 Å². The average molecular weight is 714 g/mol. The first-order valence-corrected chi connectivity index (χ1v) is 18.5. The van der Waals surface area contributed by atoms with Gasteiger partial charge in [-0.1, -0.05) is 137 Å². The maximum atomic E-state index is 13.7. The van der Waals surface area contributed by atoms with Crippen LogP contribution in [0.2, 0.25) is 0 Å². The minimum Gasteiger partial charge on any atom is -0.274 e. The zero-order chi connectivity index (χ0) is 29.5. The van der Waals surface area contributed by atoms with E-state index >= 15 is 0 Å². The highest BCUT2D eigenvalue weighted by molar-refractivity contribution is 9.11. The van der Waals surface area contributed by atoms with Gasteiger partial charge in [-0.05, 0) is 40.5 Å². The molecule has 0 amide bonds. The Kier molecular flexibility index (Phi) is 11.5. The lowest BCUT2D eigenvalue weighted by atomic mass is 9.97. The van der Waals surface area contributed by atoms with E-state index in [9.17, 15) is 9.59 Å². The number of pyridine rings is 1. The number of fused-ring (bicyclic) bond motifs is 2. The van der Waals surface area contributed by atoms with Crippen molar-refractivity contribution in [3.05, 3.63) is 66.1 Å². The second-order valence-electron chi connectivity index (χ2n) is 11.9. The van der Waals surface area contributed by atoms with Crippen molar-refractivity contribution in [2.45, 2.75) is 116 Å². The van der Waals surface area contributed by atoms with Crippen molar-refractivity contribution in [2.24, 2.45) is 0 Å². The fraction of sp³-hybridized carbons (Fsp3) is 0.500. The van der Waals surface area contributed by atoms with Gasteiger partial charge in [0, 0.05) is 52.5 Å². The molecule has 0 radical (unpaired) electrons. The topological polar surface area (TPSA) is 39.1 Å². The SMILES string of the molecule is CCCCCCCCCCCCCCCCCCn1c(=O)c2cc(Br)c3sc4ccccc4c4c(Br)cc(c1=O)c2c34. The summed E-state index contributed by atoms with van der Waals surface area (Å²) in [5.41, 5.74) is -0.337. The average Bonchev–Trinajstić information content (AvgIpc) is 2.99. The summed E-state index contributed by atoms with van der Waals surface area (Å²) in [6.45, 7) is 2.76. The monoisotopic (exact) mass is 711 g/mol. The van der Waals surface area contributed by atoms with Crippen LogP contribution in [0, 0.1) is 0 Å². The highest BCUT2D eigenvalue weighted by atomic mass is 79.9. The Hall–Kier alpha value is -1.76. The van der Waals surface area contributed by atoms with Crippen molar-refractivity contribution >= 4 is 84.9 Å². The van der Waals surface area contributed by atoms with Gasteiger partial charge in [0.2, 0.25) is 0 Å². The maximum Gasteiger partial charge on any atom is 0.261 e. The largest absolute Gasteiger partial charge is 0.274 e. The van der Waals surface area contributed by atoms with Crippen LogP contribution in [0.5, 0.6) is 0 Å². The van der Waals surface area contributed by atoms with E-state index in [1.54, 1.807) is 11.3 Å². The van der Waals surface area contributed by atoms with Crippen LogP contribution >= 0.6 is 43.2 Å². The van der Waals surface area contributed by atoms with Gasteiger partial charge in [-0.3, -0.25) is 14.2 Å². The van der Waals surface area contributed by atoms with Crippen LogP contribution < -0.4 is 11.1 Å². The minimum atomic E-state index is -0.169. The number of unbranched alkanes of at least 4 members (excludes halogenated alkanes) is 15. The molecule has 0 aliphatic rings. The molecule has 5 aromatic rings. The predicted octanol–water partition coefficient (Wildman–Crippen LogP) is 12.1. The van der Waals surface area contributed by atoms with Crippen molar-refractivity contribution in [2.75, 3.05) is 0 Å². The second kappa shape index (κ2) is 15.3. The van der Waals surface area contributed by atoms with Crippen LogP contribution in [0.1, 0.15) is 110 Å². The lowest BCUT2D eigenvalue weighted by molar-refractivity contribution is 0.517. The summed E-state index contributed by atoms with van der Waals surface area (Å²) in [6.07, 6.45) is 20.9. The second-order valence-corrected chi connectivity index (χ2v) is 14.7. The molecule has 5 rings (SSSR count). The van der Waals surface area contributed by atoms with Gasteiger partial charge in [0.15, 0.2) is 0 Å². The van der Waals surface area contributed by atoms with Gasteiger partial charge in [-0.15, -0.1) is 11.3 Å². The Morgan fingerprint density at radius 2 is 1.10 bits per heavy atom. The molecule has 2 heterocycles. The molecular weight excluding hydrogens is 670 g/mol. The van der Waals surface area contributed by atoms with Gasteiger partial charge >= 0.3 is 0 Å². The quantitative estimate of drug-likeness (QED) is 0.0547. The standard InChI is InChI=1S/C36H43Br2NO2S/c1-2-3-4-5-6-7-8-9-10-11-12-13-14-15-16-19-22-39-35(40)26-23-28(37)32-25-20-17-18-21-30(25)42-34-29(38)24-27(36(39)41)31(26)33(32)34/h17-18,20-21,23-24H,2-16,19,22H2,1H3. The molecule has 3 aromatic carbocycles. The van der Waals surface area contributed by atoms with E-state index in [1.165, 1.54) is 99.2 Å². The summed E-state index contributed by atoms with van der Waals surface area (Å²) >= 11 is 9.24. The molecule has 0 saturated carbocycles. The number of hydrogen-bond donors (Lipinski definition) is 0. The molecule has 0 spiro atoms. The van der Waals surface area contributed by atoms with Gasteiger partial charge in [0.1, 0.15) is 0 Å². The minimum absolute atomic E-state index is 0.169. The normalized spacial score (nSPS) is 12.1. The predicted molar refractivity (Wildman–Crippen MR) is 191 cm³/mol. The van der Waals surface area contributed by atoms with Crippen molar-refractivity contribution in [3.8, 4) is 0 Å². The molecular formula is C36H43Br2NO2S. The Labute approximate surface area is 270 Å². The van der Waals surface area contributed by atoms with E-state index in [0.717, 1.165) is 48.0 Å². The molecule has 0 bridgehead atoms. The van der Waals surface area contributed by atoms with Crippen molar-refractivity contribution in [3.63, 3.8) is 0 Å².